The average molecular weight is 512 g/mol. The number of nitrogens with two attached hydrogens (primary N) is 1. The maximum atomic E-state index is 13.3. The van der Waals surface area contributed by atoms with Crippen LogP contribution < -0.4 is 26.0 Å². The zero-order chi connectivity index (χ0) is 24.1. The fourth-order valence-corrected chi connectivity index (χ4v) is 6.55. The number of nitrogen functional groups attached to an aromatic ring is 1. The summed E-state index contributed by atoms with van der Waals surface area (Å²) in [7, 11) is -14.1. The molecule has 0 saturated carbocycles. The van der Waals surface area contributed by atoms with E-state index in [9.17, 15) is 42.0 Å². The third kappa shape index (κ3) is 4.80. The number of allylic oxidation sites excluding steroid dienone is 1. The van der Waals surface area contributed by atoms with Gasteiger partial charge in [0.2, 0.25) is 13.5 Å². The van der Waals surface area contributed by atoms with Crippen LogP contribution in [0.2, 0.25) is 0 Å². The fourth-order valence-electron chi connectivity index (χ4n) is 2.84. The van der Waals surface area contributed by atoms with Crippen molar-refractivity contribution in [2.24, 2.45) is 5.92 Å². The smallest absolute Gasteiger partial charge is 0.332 e. The molecular formula is C12H12BF2N5O9P3-4. The molecule has 1 aliphatic carbocycles. The van der Waals surface area contributed by atoms with E-state index >= 15 is 0 Å². The molecule has 0 aromatic carbocycles. The van der Waals surface area contributed by atoms with Gasteiger partial charge in [-0.25, -0.2) is 4.98 Å². The summed E-state index contributed by atoms with van der Waals surface area (Å²) in [5.41, 5.74) is 5.15. The Bertz CT molecular complexity index is 1280. The van der Waals surface area contributed by atoms with Crippen molar-refractivity contribution in [3.63, 3.8) is 0 Å². The highest BCUT2D eigenvalue weighted by atomic mass is 31.3. The lowest BCUT2D eigenvalue weighted by Gasteiger charge is -2.46. The van der Waals surface area contributed by atoms with Crippen molar-refractivity contribution in [3.8, 4) is 0 Å². The molecule has 4 unspecified atom stereocenters. The monoisotopic (exact) mass is 512 g/mol. The van der Waals surface area contributed by atoms with Crippen molar-refractivity contribution in [1.82, 2.24) is 19.5 Å². The summed E-state index contributed by atoms with van der Waals surface area (Å²) in [5, 5.41) is -5.88. The van der Waals surface area contributed by atoms with Gasteiger partial charge in [-0.1, -0.05) is 12.2 Å². The first kappa shape index (κ1) is 24.9. The van der Waals surface area contributed by atoms with Crippen LogP contribution in [0.25, 0.3) is 11.2 Å². The van der Waals surface area contributed by atoms with Gasteiger partial charge in [0.25, 0.3) is 5.56 Å². The van der Waals surface area contributed by atoms with E-state index in [1.54, 1.807) is 6.08 Å². The summed E-state index contributed by atoms with van der Waals surface area (Å²) in [4.78, 5) is 54.4. The topological polar surface area (TPSA) is 228 Å². The number of imidazole rings is 1. The maximum absolute atomic E-state index is 13.3. The molecule has 20 heteroatoms. The van der Waals surface area contributed by atoms with Crippen molar-refractivity contribution in [2.45, 2.75) is 17.9 Å². The average Bonchev–Trinajstić information content (AvgIpc) is 3.24. The molecule has 0 bridgehead atoms. The van der Waals surface area contributed by atoms with Crippen LogP contribution in [0, 0.1) is 5.92 Å². The second kappa shape index (κ2) is 8.26. The van der Waals surface area contributed by atoms with Crippen LogP contribution in [0.5, 0.6) is 0 Å². The van der Waals surface area contributed by atoms with Gasteiger partial charge in [-0.15, -0.1) is 0 Å². The zero-order valence-corrected chi connectivity index (χ0v) is 18.3. The van der Waals surface area contributed by atoms with Crippen LogP contribution in [0.4, 0.5) is 14.7 Å². The highest BCUT2D eigenvalue weighted by molar-refractivity contribution is 7.85. The Hall–Kier alpha value is -1.70. The quantitative estimate of drug-likeness (QED) is 0.250. The number of nitrogens with zero attached hydrogens (tertiary/aromatic N) is 3. The maximum Gasteiger partial charge on any atom is 0.332 e. The number of hydrogen-bond donors (Lipinski definition) is 2. The van der Waals surface area contributed by atoms with Crippen molar-refractivity contribution in [1.29, 1.82) is 0 Å². The SMILES string of the molecule is [B-]P(=O)(OCC1C=CC(n2cnc3c(=O)[nH]c(N)nc32)C1)OP(=O)([O-])C(F)(F)P(=O)([O-])[O-]. The number of anilines is 1. The first-order valence-corrected chi connectivity index (χ1v) is 13.1. The van der Waals surface area contributed by atoms with E-state index in [4.69, 9.17) is 13.3 Å². The minimum absolute atomic E-state index is 0.0216. The molecule has 0 saturated heterocycles. The van der Waals surface area contributed by atoms with Gasteiger partial charge in [0.05, 0.1) is 26.5 Å². The number of fused-ring (bicyclic) bond motifs is 1. The number of H-pyrrole nitrogens is 1. The lowest BCUT2D eigenvalue weighted by molar-refractivity contribution is -0.331. The molecule has 0 aliphatic heterocycles. The Morgan fingerprint density at radius 1 is 1.31 bits per heavy atom. The highest BCUT2D eigenvalue weighted by Crippen LogP contribution is 2.72. The van der Waals surface area contributed by atoms with Crippen molar-refractivity contribution >= 4 is 47.3 Å². The molecule has 0 amide bonds. The van der Waals surface area contributed by atoms with Crippen LogP contribution in [-0.2, 0) is 22.5 Å². The van der Waals surface area contributed by atoms with Crippen LogP contribution in [0.1, 0.15) is 12.5 Å². The van der Waals surface area contributed by atoms with Gasteiger partial charge in [0.1, 0.15) is 0 Å². The second-order valence-corrected chi connectivity index (χ2v) is 12.1. The molecule has 2 heterocycles. The van der Waals surface area contributed by atoms with E-state index in [-0.39, 0.29) is 23.5 Å². The molecular weight excluding hydrogens is 500 g/mol. The Kier molecular flexibility index (Phi) is 6.44. The predicted molar refractivity (Wildman–Crippen MR) is 99.4 cm³/mol. The van der Waals surface area contributed by atoms with Crippen molar-refractivity contribution in [3.05, 3.63) is 28.8 Å². The molecule has 0 spiro atoms. The highest BCUT2D eigenvalue weighted by Gasteiger charge is 2.47. The Balaban J connectivity index is 1.66. The first-order chi connectivity index (χ1) is 14.5. The predicted octanol–water partition coefficient (Wildman–Crippen LogP) is -0.854. The van der Waals surface area contributed by atoms with Gasteiger partial charge in [-0.05, 0) is 6.42 Å². The summed E-state index contributed by atoms with van der Waals surface area (Å²) in [5.74, 6) is -0.735. The molecule has 3 N–H and O–H groups in total. The number of aromatic nitrogens is 4. The third-order valence-corrected chi connectivity index (χ3v) is 9.37. The standard InChI is InChI=1S/C12H15BF2N5O9P3/c13-32(27,29-31(25,26)12(14,15)30(22,23)24)28-4-6-1-2-7(3-6)20-5-17-8-9(20)18-11(16)19-10(8)21/h1-2,5-7H,3-4H2,(H,25,26)(H2,22,23,24)(H3,16,18,19,21)/q-1/p-3. The Labute approximate surface area is 178 Å². The molecule has 32 heavy (non-hydrogen) atoms. The van der Waals surface area contributed by atoms with E-state index < -0.39 is 52.2 Å². The normalized spacial score (nSPS) is 23.3. The first-order valence-electron chi connectivity index (χ1n) is 8.40. The molecule has 1 aliphatic rings. The van der Waals surface area contributed by atoms with Gasteiger partial charge >= 0.3 is 5.40 Å². The zero-order valence-electron chi connectivity index (χ0n) is 15.6. The van der Waals surface area contributed by atoms with Crippen LogP contribution >= 0.6 is 22.7 Å². The summed E-state index contributed by atoms with van der Waals surface area (Å²) >= 11 is 0. The number of halogens is 2. The molecule has 3 radical (unpaired) electrons. The Morgan fingerprint density at radius 2 is 1.97 bits per heavy atom. The summed E-state index contributed by atoms with van der Waals surface area (Å²) in [6.07, 6.45) is 4.68. The summed E-state index contributed by atoms with van der Waals surface area (Å²) in [6.45, 7) is -0.582. The van der Waals surface area contributed by atoms with Crippen molar-refractivity contribution < 1.29 is 46.0 Å². The van der Waals surface area contributed by atoms with E-state index in [2.05, 4.69) is 23.8 Å². The number of rotatable bonds is 8. The minimum atomic E-state index is -7.00. The molecule has 2 aromatic rings. The van der Waals surface area contributed by atoms with E-state index in [0.29, 0.717) is 0 Å². The van der Waals surface area contributed by atoms with E-state index in [1.807, 2.05) is 0 Å². The lowest BCUT2D eigenvalue weighted by atomic mass is 10.1. The van der Waals surface area contributed by atoms with E-state index in [0.717, 1.165) is 0 Å². The largest absolute Gasteiger partial charge is 0.806 e. The van der Waals surface area contributed by atoms with Gasteiger partial charge in [-0.2, -0.15) is 13.8 Å². The number of alkyl halides is 2. The van der Waals surface area contributed by atoms with Crippen LogP contribution in [-0.4, -0.2) is 39.1 Å². The van der Waals surface area contributed by atoms with Crippen molar-refractivity contribution in [2.75, 3.05) is 12.3 Å². The third-order valence-electron chi connectivity index (χ3n) is 4.31. The van der Waals surface area contributed by atoms with Crippen LogP contribution in [0.15, 0.2) is 23.3 Å². The molecule has 14 nitrogen and oxygen atoms in total. The summed E-state index contributed by atoms with van der Waals surface area (Å²) < 4.78 is 70.0. The molecule has 3 rings (SSSR count). The van der Waals surface area contributed by atoms with Gasteiger partial charge in [-0.3, -0.25) is 14.1 Å². The molecule has 0 fully saturated rings. The number of aromatic amines is 1. The Morgan fingerprint density at radius 3 is 2.59 bits per heavy atom. The molecule has 4 atom stereocenters. The molecule has 2 aromatic heterocycles. The van der Waals surface area contributed by atoms with Gasteiger partial charge in [0, 0.05) is 13.5 Å². The lowest BCUT2D eigenvalue weighted by Crippen LogP contribution is -2.35. The van der Waals surface area contributed by atoms with Gasteiger partial charge < -0.3 is 50.8 Å². The minimum Gasteiger partial charge on any atom is -0.806 e. The second-order valence-electron chi connectivity index (χ2n) is 6.64. The number of nitrogens with one attached hydrogen (secondary N) is 1. The molecule has 175 valence electrons. The van der Waals surface area contributed by atoms with Gasteiger partial charge in [0.15, 0.2) is 11.2 Å². The summed E-state index contributed by atoms with van der Waals surface area (Å²) in [6, 6.07) is -0.442. The van der Waals surface area contributed by atoms with E-state index in [1.165, 1.54) is 17.0 Å². The van der Waals surface area contributed by atoms with Crippen LogP contribution in [0.3, 0.4) is 0 Å². The fraction of sp³-hybridized carbons (Fsp3) is 0.417. The number of hydrogen-bond acceptors (Lipinski definition) is 12.